The molecule has 0 saturated carbocycles. The van der Waals surface area contributed by atoms with E-state index in [4.69, 9.17) is 9.05 Å². The first-order chi connectivity index (χ1) is 32.5. The van der Waals surface area contributed by atoms with Crippen molar-refractivity contribution in [3.8, 4) is 0 Å². The largest absolute Gasteiger partial charge is 0.756 e. The highest BCUT2D eigenvalue weighted by Gasteiger charge is 2.24. The summed E-state index contributed by atoms with van der Waals surface area (Å²) in [5.74, 6) is -0.210. The molecule has 3 atom stereocenters. The van der Waals surface area contributed by atoms with E-state index in [1.54, 1.807) is 0 Å². The molecule has 0 aliphatic rings. The summed E-state index contributed by atoms with van der Waals surface area (Å²) in [6.07, 6.45) is 68.6. The maximum atomic E-state index is 12.9. The second-order valence-corrected chi connectivity index (χ2v) is 20.6. The van der Waals surface area contributed by atoms with Gasteiger partial charge in [0.1, 0.15) is 13.2 Å². The fourth-order valence-corrected chi connectivity index (χ4v) is 8.07. The van der Waals surface area contributed by atoms with Crippen molar-refractivity contribution in [3.63, 3.8) is 0 Å². The molecule has 0 spiro atoms. The van der Waals surface area contributed by atoms with Crippen molar-refractivity contribution in [3.05, 3.63) is 97.2 Å². The van der Waals surface area contributed by atoms with Crippen molar-refractivity contribution in [1.29, 1.82) is 0 Å². The number of quaternary nitrogens is 1. The van der Waals surface area contributed by atoms with E-state index in [-0.39, 0.29) is 19.1 Å². The molecule has 0 aromatic rings. The van der Waals surface area contributed by atoms with Gasteiger partial charge in [-0.05, 0) is 77.0 Å². The zero-order valence-corrected chi connectivity index (χ0v) is 44.7. The third kappa shape index (κ3) is 51.1. The lowest BCUT2D eigenvalue weighted by molar-refractivity contribution is -0.870. The average molecular weight is 955 g/mol. The van der Waals surface area contributed by atoms with E-state index < -0.39 is 20.0 Å². The van der Waals surface area contributed by atoms with Crippen molar-refractivity contribution in [2.45, 2.75) is 225 Å². The Morgan fingerprint density at radius 1 is 0.537 bits per heavy atom. The second-order valence-electron chi connectivity index (χ2n) is 19.2. The number of amides is 1. The molecule has 0 fully saturated rings. The van der Waals surface area contributed by atoms with E-state index in [1.807, 2.05) is 21.1 Å². The first kappa shape index (κ1) is 64.4. The summed E-state index contributed by atoms with van der Waals surface area (Å²) in [7, 11) is 1.26. The number of rotatable bonds is 48. The van der Waals surface area contributed by atoms with Crippen molar-refractivity contribution >= 4 is 13.7 Å². The summed E-state index contributed by atoms with van der Waals surface area (Å²) in [6, 6.07) is -0.831. The Morgan fingerprint density at radius 3 is 1.30 bits per heavy atom. The fraction of sp³-hybridized carbons (Fsp3) is 0.707. The number of unbranched alkanes of at least 4 members (excludes halogenated alkanes) is 19. The van der Waals surface area contributed by atoms with Crippen LogP contribution < -0.4 is 10.2 Å². The average Bonchev–Trinajstić information content (AvgIpc) is 3.29. The van der Waals surface area contributed by atoms with Gasteiger partial charge in [-0.3, -0.25) is 9.36 Å². The Balaban J connectivity index is 4.35. The number of allylic oxidation sites excluding steroid dienone is 16. The van der Waals surface area contributed by atoms with Crippen LogP contribution in [0.25, 0.3) is 0 Å². The predicted molar refractivity (Wildman–Crippen MR) is 288 cm³/mol. The second kappa shape index (κ2) is 48.4. The molecule has 0 radical (unpaired) electrons. The number of phosphoric acid groups is 1. The lowest BCUT2D eigenvalue weighted by Gasteiger charge is -2.30. The number of nitrogens with one attached hydrogen (secondary N) is 1. The molecule has 0 bridgehead atoms. The molecule has 0 aromatic carbocycles. The van der Waals surface area contributed by atoms with Crippen LogP contribution in [0.15, 0.2) is 97.2 Å². The van der Waals surface area contributed by atoms with Crippen molar-refractivity contribution in [1.82, 2.24) is 5.32 Å². The van der Waals surface area contributed by atoms with Gasteiger partial charge in [0.25, 0.3) is 7.82 Å². The van der Waals surface area contributed by atoms with Gasteiger partial charge in [-0.2, -0.15) is 0 Å². The zero-order valence-electron chi connectivity index (χ0n) is 43.8. The Kier molecular flexibility index (Phi) is 46.6. The quantitative estimate of drug-likeness (QED) is 0.0272. The molecule has 67 heavy (non-hydrogen) atoms. The molecule has 0 aromatic heterocycles. The van der Waals surface area contributed by atoms with Crippen LogP contribution in [0.4, 0.5) is 0 Å². The molecule has 0 aliphatic heterocycles. The van der Waals surface area contributed by atoms with Crippen LogP contribution in [0.1, 0.15) is 213 Å². The predicted octanol–water partition coefficient (Wildman–Crippen LogP) is 15.6. The van der Waals surface area contributed by atoms with Gasteiger partial charge in [-0.25, -0.2) is 0 Å². The maximum absolute atomic E-state index is 12.9. The summed E-state index contributed by atoms with van der Waals surface area (Å²) >= 11 is 0. The van der Waals surface area contributed by atoms with Gasteiger partial charge in [0.05, 0.1) is 39.9 Å². The molecule has 3 unspecified atom stereocenters. The van der Waals surface area contributed by atoms with E-state index in [2.05, 4.69) is 116 Å². The number of likely N-dealkylation sites (N-methyl/N-ethyl adjacent to an activating group) is 1. The molecule has 2 N–H and O–H groups in total. The van der Waals surface area contributed by atoms with Gasteiger partial charge >= 0.3 is 0 Å². The zero-order chi connectivity index (χ0) is 49.2. The third-order valence-corrected chi connectivity index (χ3v) is 12.6. The van der Waals surface area contributed by atoms with Gasteiger partial charge in [-0.1, -0.05) is 227 Å². The van der Waals surface area contributed by atoms with E-state index >= 15 is 0 Å². The summed E-state index contributed by atoms with van der Waals surface area (Å²) in [6.45, 7) is 4.57. The van der Waals surface area contributed by atoms with Gasteiger partial charge in [-0.15, -0.1) is 0 Å². The number of carbonyl (C=O) groups is 1. The minimum absolute atomic E-state index is 0.00176. The minimum Gasteiger partial charge on any atom is -0.756 e. The Hall–Kier alpha value is -2.58. The van der Waals surface area contributed by atoms with Crippen LogP contribution in [0.3, 0.4) is 0 Å². The number of hydrogen-bond donors (Lipinski definition) is 2. The first-order valence-electron chi connectivity index (χ1n) is 27.1. The molecule has 0 rings (SSSR count). The molecular weight excluding hydrogens is 852 g/mol. The van der Waals surface area contributed by atoms with E-state index in [9.17, 15) is 19.4 Å². The van der Waals surface area contributed by atoms with Crippen LogP contribution in [-0.4, -0.2) is 68.5 Å². The Bertz CT molecular complexity index is 1410. The van der Waals surface area contributed by atoms with Crippen molar-refractivity contribution in [2.75, 3.05) is 40.9 Å². The lowest BCUT2D eigenvalue weighted by Crippen LogP contribution is -2.46. The highest BCUT2D eigenvalue weighted by Crippen LogP contribution is 2.38. The molecule has 0 saturated heterocycles. The normalized spacial score (nSPS) is 14.8. The topological polar surface area (TPSA) is 108 Å². The summed E-state index contributed by atoms with van der Waals surface area (Å²) in [5.41, 5.74) is 0. The number of carbonyl (C=O) groups excluding carboxylic acids is 1. The minimum atomic E-state index is -4.59. The van der Waals surface area contributed by atoms with Crippen LogP contribution in [0, 0.1) is 0 Å². The summed E-state index contributed by atoms with van der Waals surface area (Å²) in [4.78, 5) is 25.5. The molecule has 0 heterocycles. The van der Waals surface area contributed by atoms with Gasteiger partial charge < -0.3 is 28.8 Å². The van der Waals surface area contributed by atoms with Crippen LogP contribution >= 0.6 is 7.82 Å². The maximum Gasteiger partial charge on any atom is 0.268 e. The van der Waals surface area contributed by atoms with Gasteiger partial charge in [0.2, 0.25) is 5.91 Å². The van der Waals surface area contributed by atoms with E-state index in [0.717, 1.165) is 83.5 Å². The Morgan fingerprint density at radius 2 is 0.910 bits per heavy atom. The number of aliphatic hydroxyl groups excluding tert-OH is 1. The standard InChI is InChI=1S/C58H103N2O6P/c1-6-8-10-12-14-16-18-20-22-24-26-27-28-29-30-31-32-33-34-36-38-40-42-44-46-48-50-52-58(62)59-56(55-66-67(63,64)65-54-53-60(3,4)5)57(61)51-49-47-45-43-41-39-37-35-25-23-21-19-17-15-13-11-9-7-2/h8,10,14,16,20,22,26-27,29-30,32-33,36,38,42,44,56-57,61H,6-7,9,11-13,15,17-19,21,23-25,28,31,34-35,37,39-41,43,45-55H2,1-5H3,(H-,59,62,63,64)/b10-8-,16-14-,22-20-,27-26-,30-29-,33-32-,38-36-,44-42-. The molecule has 386 valence electrons. The Labute approximate surface area is 413 Å². The van der Waals surface area contributed by atoms with Crippen molar-refractivity contribution in [2.24, 2.45) is 0 Å². The number of phosphoric ester groups is 1. The number of hydrogen-bond acceptors (Lipinski definition) is 6. The molecule has 9 heteroatoms. The smallest absolute Gasteiger partial charge is 0.268 e. The number of aliphatic hydroxyl groups is 1. The van der Waals surface area contributed by atoms with E-state index in [1.165, 1.54) is 96.3 Å². The highest BCUT2D eigenvalue weighted by molar-refractivity contribution is 7.45. The number of nitrogens with zero attached hydrogens (tertiary/aromatic N) is 1. The third-order valence-electron chi connectivity index (χ3n) is 11.6. The fourth-order valence-electron chi connectivity index (χ4n) is 7.35. The monoisotopic (exact) mass is 955 g/mol. The SMILES string of the molecule is CC/C=C\C/C=C\C/C=C\C/C=C\C/C=C\C/C=C\C/C=C\C/C=C\CCCCC(=O)NC(COP(=O)([O-])OCC[N+](C)(C)C)C(O)CCCCCCCCCCCCCCCCCCCC. The molecular formula is C58H103N2O6P. The molecule has 0 aliphatic carbocycles. The molecule has 8 nitrogen and oxygen atoms in total. The summed E-state index contributed by atoms with van der Waals surface area (Å²) < 4.78 is 23.4. The van der Waals surface area contributed by atoms with Gasteiger partial charge in [0, 0.05) is 6.42 Å². The van der Waals surface area contributed by atoms with E-state index in [0.29, 0.717) is 30.3 Å². The first-order valence-corrected chi connectivity index (χ1v) is 28.5. The van der Waals surface area contributed by atoms with Gasteiger partial charge in [0.15, 0.2) is 0 Å². The molecule has 1 amide bonds. The highest BCUT2D eigenvalue weighted by atomic mass is 31.2. The van der Waals surface area contributed by atoms with Crippen molar-refractivity contribution < 1.29 is 32.9 Å². The lowest BCUT2D eigenvalue weighted by atomic mass is 10.0. The van der Waals surface area contributed by atoms with Crippen LogP contribution in [0.5, 0.6) is 0 Å². The van der Waals surface area contributed by atoms with Crippen LogP contribution in [0.2, 0.25) is 0 Å². The summed E-state index contributed by atoms with van der Waals surface area (Å²) in [5, 5.41) is 14.0. The van der Waals surface area contributed by atoms with Crippen LogP contribution in [-0.2, 0) is 18.4 Å².